The molecule has 13 rings (SSSR count). The summed E-state index contributed by atoms with van der Waals surface area (Å²) in [4.78, 5) is 105. The average molecular weight is 1270 g/mol. The average Bonchev–Trinajstić information content (AvgIpc) is 1.29. The second-order valence-electron chi connectivity index (χ2n) is 21.4. The van der Waals surface area contributed by atoms with Gasteiger partial charge in [0, 0.05) is 42.8 Å². The molecule has 26 nitrogen and oxygen atoms in total. The number of fused-ring (bicyclic) bond motifs is 14. The zero-order valence-electron chi connectivity index (χ0n) is 47.0. The summed E-state index contributed by atoms with van der Waals surface area (Å²) < 4.78 is 18.5. The number of amides is 7. The van der Waals surface area contributed by atoms with E-state index in [-0.39, 0.29) is 97.1 Å². The lowest BCUT2D eigenvalue weighted by Crippen LogP contribution is -2.56. The second-order valence-corrected chi connectivity index (χ2v) is 22.2. The molecule has 7 aromatic rings. The highest BCUT2D eigenvalue weighted by molar-refractivity contribution is 6.32. The Bertz CT molecular complexity index is 4130. The Kier molecular flexibility index (Phi) is 16.9. The molecule has 0 fully saturated rings. The maximum absolute atomic E-state index is 15.8. The summed E-state index contributed by atoms with van der Waals surface area (Å²) in [5, 5.41) is 102. The fraction of sp³-hybridized carbons (Fsp3) is 0.210. The zero-order chi connectivity index (χ0) is 64.0. The molecule has 0 spiro atoms. The third kappa shape index (κ3) is 12.4. The SMILES string of the molecule is CCNCCNC(=O)[C@H]1NC(=O)[C@H]2NC(=O)[C@H](NC(=O)[C@@H]3NC(=O)[C@H]4NC(=O)[C@@H](Cc5ccc(c(Cl)c5)Oc5cc3cc(c5O)Oc3ccc(cc3Cl)[C@H]2O)NC(=O)[C@H](N)c2ccc(O)c(c2)Oc2cc(O)cc4c2)c2ccc(O)c(c2)-c2c(O)cc(O)cc21. The number of aromatic hydroxyl groups is 6. The van der Waals surface area contributed by atoms with Crippen molar-refractivity contribution in [2.24, 2.45) is 5.73 Å². The van der Waals surface area contributed by atoms with E-state index < -0.39 is 136 Å². The Hall–Kier alpha value is -10.5. The van der Waals surface area contributed by atoms with Gasteiger partial charge in [0.2, 0.25) is 47.1 Å². The van der Waals surface area contributed by atoms with Gasteiger partial charge in [-0.2, -0.15) is 0 Å². The van der Waals surface area contributed by atoms with Gasteiger partial charge in [0.15, 0.2) is 23.0 Å². The molecule has 17 bridgehead atoms. The maximum atomic E-state index is 15.8. The number of rotatable bonds is 5. The third-order valence-electron chi connectivity index (χ3n) is 15.3. The topological polar surface area (TPSA) is 411 Å². The lowest BCUT2D eigenvalue weighted by Gasteiger charge is -2.31. The van der Waals surface area contributed by atoms with E-state index >= 15 is 19.2 Å². The number of ether oxygens (including phenoxy) is 3. The number of hydrogen-bond acceptors (Lipinski definition) is 19. The number of carbonyl (C=O) groups is 7. The minimum absolute atomic E-state index is 0.00543. The maximum Gasteiger partial charge on any atom is 0.248 e. The molecule has 0 radical (unpaired) electrons. The van der Waals surface area contributed by atoms with Gasteiger partial charge in [-0.05, 0) is 124 Å². The number of halogens is 2. The van der Waals surface area contributed by atoms with E-state index in [0.29, 0.717) is 12.1 Å². The van der Waals surface area contributed by atoms with Crippen molar-refractivity contribution in [3.8, 4) is 80.1 Å². The highest BCUT2D eigenvalue weighted by Crippen LogP contribution is 2.48. The van der Waals surface area contributed by atoms with Crippen LogP contribution in [-0.2, 0) is 40.0 Å². The van der Waals surface area contributed by atoms with Crippen molar-refractivity contribution in [3.05, 3.63) is 164 Å². The Morgan fingerprint density at radius 1 is 0.544 bits per heavy atom. The standard InChI is InChI=1S/C62H55Cl2N9O17/c1-2-66-11-12-67-58(83)52-35-23-32(75)24-41(78)47(35)34-17-27(5-7-39(34)76)49-59(84)73-53(62(87)72-52)54(79)28-6-10-43(37(64)18-28)90-46-21-30-20-45(55(46)80)89-42-9-3-25(13-36(42)63)14-38-56(81)69-50(60(85)71-51(30)61(86)70-49)29-15-31(74)22-33(16-29)88-44-19-26(4-8-40(44)77)48(65)57(82)68-38/h3-10,13,15-24,38,48-54,66,74-80H,2,11-12,14,65H2,1H3,(H,67,83)(H,68,82)(H,69,81)(H,70,86)(H,71,85)(H,72,87)(H,73,84)/t38-,48-,49-,50+,51-,52+,53+,54-/m1/s1. The van der Waals surface area contributed by atoms with Crippen LogP contribution in [0.3, 0.4) is 0 Å². The van der Waals surface area contributed by atoms with Gasteiger partial charge >= 0.3 is 0 Å². The third-order valence-corrected chi connectivity index (χ3v) is 15.9. The normalized spacial score (nSPS) is 21.4. The molecular weight excluding hydrogens is 1210 g/mol. The van der Waals surface area contributed by atoms with E-state index in [9.17, 15) is 50.1 Å². The molecule has 6 aliphatic rings. The smallest absolute Gasteiger partial charge is 0.248 e. The van der Waals surface area contributed by atoms with Crippen LogP contribution in [0, 0.1) is 0 Å². The van der Waals surface area contributed by atoms with Gasteiger partial charge in [-0.1, -0.05) is 54.4 Å². The van der Waals surface area contributed by atoms with Crippen LogP contribution in [0.5, 0.6) is 69.0 Å². The minimum Gasteiger partial charge on any atom is -0.508 e. The van der Waals surface area contributed by atoms with Crippen LogP contribution in [0.2, 0.25) is 10.0 Å². The van der Waals surface area contributed by atoms with E-state index in [4.69, 9.17) is 43.1 Å². The first-order valence-electron chi connectivity index (χ1n) is 27.8. The Morgan fingerprint density at radius 2 is 1.14 bits per heavy atom. The van der Waals surface area contributed by atoms with Gasteiger partial charge in [-0.25, -0.2) is 0 Å². The number of likely N-dealkylation sites (N-methyl/N-ethyl adjacent to an activating group) is 1. The number of aliphatic hydroxyl groups excluding tert-OH is 1. The number of hydrogen-bond donors (Lipinski definition) is 16. The number of carbonyl (C=O) groups excluding carboxylic acids is 7. The van der Waals surface area contributed by atoms with Crippen LogP contribution >= 0.6 is 23.2 Å². The number of nitrogens with two attached hydrogens (primary N) is 1. The molecule has 0 aromatic heterocycles. The lowest BCUT2D eigenvalue weighted by molar-refractivity contribution is -0.137. The number of phenols is 6. The van der Waals surface area contributed by atoms with Crippen molar-refractivity contribution in [1.29, 1.82) is 0 Å². The van der Waals surface area contributed by atoms with Crippen LogP contribution in [0.25, 0.3) is 11.1 Å². The summed E-state index contributed by atoms with van der Waals surface area (Å²) in [6.07, 6.45) is -2.41. The molecule has 6 aliphatic heterocycles. The molecule has 0 saturated heterocycles. The van der Waals surface area contributed by atoms with Gasteiger partial charge in [0.1, 0.15) is 88.6 Å². The monoisotopic (exact) mass is 1270 g/mol. The molecule has 90 heavy (non-hydrogen) atoms. The van der Waals surface area contributed by atoms with Crippen LogP contribution in [0.15, 0.2) is 115 Å². The molecule has 6 heterocycles. The van der Waals surface area contributed by atoms with Crippen LogP contribution < -0.4 is 62.5 Å². The van der Waals surface area contributed by atoms with E-state index in [1.807, 2.05) is 6.92 Å². The van der Waals surface area contributed by atoms with Crippen molar-refractivity contribution in [2.45, 2.75) is 61.7 Å². The van der Waals surface area contributed by atoms with Crippen molar-refractivity contribution in [1.82, 2.24) is 42.5 Å². The second kappa shape index (κ2) is 24.9. The summed E-state index contributed by atoms with van der Waals surface area (Å²) in [7, 11) is 0. The van der Waals surface area contributed by atoms with Gasteiger partial charge in [-0.3, -0.25) is 33.6 Å². The minimum atomic E-state index is -2.15. The van der Waals surface area contributed by atoms with Gasteiger partial charge < -0.3 is 98.2 Å². The number of nitrogens with one attached hydrogen (secondary N) is 8. The van der Waals surface area contributed by atoms with E-state index in [1.54, 1.807) is 0 Å². The van der Waals surface area contributed by atoms with Crippen LogP contribution in [-0.4, -0.2) is 109 Å². The summed E-state index contributed by atoms with van der Waals surface area (Å²) in [6.45, 7) is 2.61. The van der Waals surface area contributed by atoms with Crippen LogP contribution in [0.4, 0.5) is 0 Å². The summed E-state index contributed by atoms with van der Waals surface area (Å²) >= 11 is 13.8. The first-order valence-corrected chi connectivity index (χ1v) is 28.6. The molecule has 8 atom stereocenters. The highest BCUT2D eigenvalue weighted by Gasteiger charge is 2.41. The zero-order valence-corrected chi connectivity index (χ0v) is 48.5. The van der Waals surface area contributed by atoms with E-state index in [2.05, 4.69) is 42.5 Å². The van der Waals surface area contributed by atoms with Gasteiger partial charge in [-0.15, -0.1) is 0 Å². The van der Waals surface area contributed by atoms with E-state index in [1.165, 1.54) is 66.7 Å². The van der Waals surface area contributed by atoms with Gasteiger partial charge in [0.25, 0.3) is 0 Å². The number of benzene rings is 7. The predicted molar refractivity (Wildman–Crippen MR) is 319 cm³/mol. The summed E-state index contributed by atoms with van der Waals surface area (Å²) in [5.74, 6) is -13.4. The Labute approximate surface area is 519 Å². The quantitative estimate of drug-likeness (QED) is 0.104. The molecule has 7 aromatic carbocycles. The molecule has 0 aliphatic carbocycles. The first-order chi connectivity index (χ1) is 43.0. The fourth-order valence-corrected chi connectivity index (χ4v) is 11.3. The molecule has 464 valence electrons. The predicted octanol–water partition coefficient (Wildman–Crippen LogP) is 4.63. The lowest BCUT2D eigenvalue weighted by atomic mass is 9.89. The van der Waals surface area contributed by atoms with E-state index in [0.717, 1.165) is 48.5 Å². The molecular formula is C62H55Cl2N9O17. The molecule has 17 N–H and O–H groups in total. The van der Waals surface area contributed by atoms with Crippen LogP contribution in [0.1, 0.15) is 82.2 Å². The van der Waals surface area contributed by atoms with Crippen molar-refractivity contribution in [3.63, 3.8) is 0 Å². The number of phenolic OH excluding ortho intramolecular Hbond substituents is 6. The van der Waals surface area contributed by atoms with Gasteiger partial charge in [0.05, 0.1) is 10.0 Å². The number of aliphatic hydroxyl groups is 1. The first kappa shape index (κ1) is 61.1. The summed E-state index contributed by atoms with van der Waals surface area (Å²) in [6, 6.07) is 9.35. The highest BCUT2D eigenvalue weighted by atomic mass is 35.5. The molecule has 7 amide bonds. The molecule has 28 heteroatoms. The fourth-order valence-electron chi connectivity index (χ4n) is 10.8. The Morgan fingerprint density at radius 3 is 1.83 bits per heavy atom. The molecule has 0 unspecified atom stereocenters. The Balaban J connectivity index is 1.13. The summed E-state index contributed by atoms with van der Waals surface area (Å²) in [5.41, 5.74) is 5.02. The van der Waals surface area contributed by atoms with Crippen molar-refractivity contribution >= 4 is 64.6 Å². The van der Waals surface area contributed by atoms with Crippen molar-refractivity contribution < 1.29 is 83.5 Å². The molecule has 0 saturated carbocycles. The van der Waals surface area contributed by atoms with Crippen molar-refractivity contribution in [2.75, 3.05) is 19.6 Å². The largest absolute Gasteiger partial charge is 0.508 e.